The van der Waals surface area contributed by atoms with E-state index >= 15 is 0 Å². The second kappa shape index (κ2) is 8.29. The molecule has 162 valence electrons. The van der Waals surface area contributed by atoms with Gasteiger partial charge in [-0.3, -0.25) is 9.10 Å². The van der Waals surface area contributed by atoms with Gasteiger partial charge in [-0.15, -0.1) is 0 Å². The van der Waals surface area contributed by atoms with Crippen molar-refractivity contribution in [2.24, 2.45) is 0 Å². The van der Waals surface area contributed by atoms with E-state index in [0.29, 0.717) is 0 Å². The fraction of sp³-hybridized carbons (Fsp3) is 0.381. The molecule has 3 rings (SSSR count). The van der Waals surface area contributed by atoms with Crippen LogP contribution in [0.2, 0.25) is 0 Å². The number of sulfonamides is 1. The first-order chi connectivity index (χ1) is 14.0. The molecule has 1 aliphatic rings. The highest BCUT2D eigenvalue weighted by atomic mass is 32.2. The Morgan fingerprint density at radius 2 is 1.87 bits per heavy atom. The highest BCUT2D eigenvalue weighted by Gasteiger charge is 2.32. The minimum Gasteiger partial charge on any atom is -0.309 e. The third-order valence-electron chi connectivity index (χ3n) is 5.09. The molecule has 0 saturated carbocycles. The third kappa shape index (κ3) is 4.77. The molecule has 0 radical (unpaired) electrons. The average molecular weight is 440 g/mol. The van der Waals surface area contributed by atoms with Gasteiger partial charge in [0, 0.05) is 24.7 Å². The number of rotatable bonds is 6. The van der Waals surface area contributed by atoms with Crippen molar-refractivity contribution in [2.75, 3.05) is 22.0 Å². The van der Waals surface area contributed by atoms with Crippen molar-refractivity contribution in [2.45, 2.75) is 38.4 Å². The van der Waals surface area contributed by atoms with Crippen molar-refractivity contribution >= 4 is 27.3 Å². The van der Waals surface area contributed by atoms with Gasteiger partial charge in [0.1, 0.15) is 0 Å². The van der Waals surface area contributed by atoms with Gasteiger partial charge in [0.05, 0.1) is 17.5 Å². The minimum atomic E-state index is -4.57. The van der Waals surface area contributed by atoms with E-state index < -0.39 is 21.8 Å². The first kappa shape index (κ1) is 22.1. The van der Waals surface area contributed by atoms with Crippen LogP contribution < -0.4 is 9.21 Å². The summed E-state index contributed by atoms with van der Waals surface area (Å²) in [5.74, 6) is -0.134. The molecule has 5 nitrogen and oxygen atoms in total. The van der Waals surface area contributed by atoms with Crippen LogP contribution in [0.25, 0.3) is 0 Å². The van der Waals surface area contributed by atoms with E-state index in [0.717, 1.165) is 40.4 Å². The zero-order valence-electron chi connectivity index (χ0n) is 16.7. The lowest BCUT2D eigenvalue weighted by Crippen LogP contribution is -2.37. The van der Waals surface area contributed by atoms with Crippen LogP contribution in [-0.4, -0.2) is 33.2 Å². The number of hydrogen-bond acceptors (Lipinski definition) is 3. The van der Waals surface area contributed by atoms with Crippen LogP contribution in [0.1, 0.15) is 30.9 Å². The summed E-state index contributed by atoms with van der Waals surface area (Å²) in [6, 6.07) is 11.8. The van der Waals surface area contributed by atoms with E-state index in [-0.39, 0.29) is 37.0 Å². The number of anilines is 2. The van der Waals surface area contributed by atoms with Gasteiger partial charge < -0.3 is 4.90 Å². The van der Waals surface area contributed by atoms with Gasteiger partial charge in [-0.2, -0.15) is 13.2 Å². The Morgan fingerprint density at radius 1 is 1.17 bits per heavy atom. The number of carbonyl (C=O) groups is 1. The monoisotopic (exact) mass is 440 g/mol. The zero-order chi connectivity index (χ0) is 22.1. The zero-order valence-corrected chi connectivity index (χ0v) is 17.5. The van der Waals surface area contributed by atoms with Crippen molar-refractivity contribution in [3.8, 4) is 0 Å². The fourth-order valence-corrected chi connectivity index (χ4v) is 4.72. The molecule has 0 spiro atoms. The second-order valence-electron chi connectivity index (χ2n) is 7.43. The Balaban J connectivity index is 1.72. The van der Waals surface area contributed by atoms with E-state index in [2.05, 4.69) is 0 Å². The molecular weight excluding hydrogens is 417 g/mol. The standard InChI is InChI=1S/C21H23F3N2O3S/c1-15-13-16-7-3-4-10-19(16)26(15)20(27)11-6-12-25(30(2,28)29)18-9-5-8-17(14-18)21(22,23)24/h3-5,7-10,14-15H,6,11-13H2,1-2H3. The molecule has 1 atom stereocenters. The fourth-order valence-electron chi connectivity index (χ4n) is 3.76. The number of nitrogens with zero attached hydrogens (tertiary/aromatic N) is 2. The molecule has 0 aliphatic carbocycles. The molecule has 1 unspecified atom stereocenters. The smallest absolute Gasteiger partial charge is 0.309 e. The van der Waals surface area contributed by atoms with Gasteiger partial charge in [-0.05, 0) is 49.6 Å². The highest BCUT2D eigenvalue weighted by molar-refractivity contribution is 7.92. The first-order valence-electron chi connectivity index (χ1n) is 9.53. The maximum absolute atomic E-state index is 13.0. The lowest BCUT2D eigenvalue weighted by Gasteiger charge is -2.25. The summed E-state index contributed by atoms with van der Waals surface area (Å²) in [4.78, 5) is 14.5. The SMILES string of the molecule is CC1Cc2ccccc2N1C(=O)CCCN(c1cccc(C(F)(F)F)c1)S(C)(=O)=O. The lowest BCUT2D eigenvalue weighted by molar-refractivity contribution is -0.137. The molecule has 0 saturated heterocycles. The molecule has 0 fully saturated rings. The van der Waals surface area contributed by atoms with Crippen LogP contribution in [0.3, 0.4) is 0 Å². The normalized spacial score (nSPS) is 16.4. The van der Waals surface area contributed by atoms with E-state index in [1.54, 1.807) is 4.90 Å². The molecule has 1 aliphatic heterocycles. The molecular formula is C21H23F3N2O3S. The van der Waals surface area contributed by atoms with E-state index in [1.807, 2.05) is 31.2 Å². The van der Waals surface area contributed by atoms with Gasteiger partial charge in [0.25, 0.3) is 0 Å². The van der Waals surface area contributed by atoms with Crippen LogP contribution >= 0.6 is 0 Å². The molecule has 2 aromatic carbocycles. The van der Waals surface area contributed by atoms with Crippen molar-refractivity contribution in [1.82, 2.24) is 0 Å². The Hall–Kier alpha value is -2.55. The Morgan fingerprint density at radius 3 is 2.53 bits per heavy atom. The average Bonchev–Trinajstić information content (AvgIpc) is 2.99. The molecule has 9 heteroatoms. The molecule has 0 bridgehead atoms. The minimum absolute atomic E-state index is 0.00405. The maximum atomic E-state index is 13.0. The number of fused-ring (bicyclic) bond motifs is 1. The van der Waals surface area contributed by atoms with Crippen molar-refractivity contribution in [1.29, 1.82) is 0 Å². The number of hydrogen-bond donors (Lipinski definition) is 0. The van der Waals surface area contributed by atoms with E-state index in [9.17, 15) is 26.4 Å². The van der Waals surface area contributed by atoms with Crippen molar-refractivity contribution in [3.63, 3.8) is 0 Å². The maximum Gasteiger partial charge on any atom is 0.416 e. The van der Waals surface area contributed by atoms with Crippen molar-refractivity contribution in [3.05, 3.63) is 59.7 Å². The van der Waals surface area contributed by atoms with Gasteiger partial charge >= 0.3 is 6.18 Å². The Labute approximate surface area is 174 Å². The number of para-hydroxylation sites is 1. The Kier molecular flexibility index (Phi) is 6.12. The van der Waals surface area contributed by atoms with Gasteiger partial charge in [0.2, 0.25) is 15.9 Å². The molecule has 1 amide bonds. The highest BCUT2D eigenvalue weighted by Crippen LogP contribution is 2.34. The molecule has 30 heavy (non-hydrogen) atoms. The predicted molar refractivity (Wildman–Crippen MR) is 110 cm³/mol. The van der Waals surface area contributed by atoms with Crippen LogP contribution in [0, 0.1) is 0 Å². The molecule has 2 aromatic rings. The quantitative estimate of drug-likeness (QED) is 0.676. The summed E-state index contributed by atoms with van der Waals surface area (Å²) in [6.07, 6.45) is -2.61. The summed E-state index contributed by atoms with van der Waals surface area (Å²) >= 11 is 0. The van der Waals surface area contributed by atoms with Crippen LogP contribution in [-0.2, 0) is 27.4 Å². The molecule has 1 heterocycles. The van der Waals surface area contributed by atoms with Crippen molar-refractivity contribution < 1.29 is 26.4 Å². The molecule has 0 aromatic heterocycles. The summed E-state index contributed by atoms with van der Waals surface area (Å²) in [5, 5.41) is 0. The van der Waals surface area contributed by atoms with Crippen LogP contribution in [0.5, 0.6) is 0 Å². The van der Waals surface area contributed by atoms with Gasteiger partial charge in [-0.25, -0.2) is 8.42 Å². The summed E-state index contributed by atoms with van der Waals surface area (Å²) in [7, 11) is -3.82. The van der Waals surface area contributed by atoms with Gasteiger partial charge in [-0.1, -0.05) is 24.3 Å². The van der Waals surface area contributed by atoms with Gasteiger partial charge in [0.15, 0.2) is 0 Å². The first-order valence-corrected chi connectivity index (χ1v) is 11.4. The number of halogens is 3. The lowest BCUT2D eigenvalue weighted by atomic mass is 10.1. The second-order valence-corrected chi connectivity index (χ2v) is 9.34. The largest absolute Gasteiger partial charge is 0.416 e. The summed E-state index contributed by atoms with van der Waals surface area (Å²) < 4.78 is 64.3. The number of alkyl halides is 3. The summed E-state index contributed by atoms with van der Waals surface area (Å²) in [5.41, 5.74) is 0.944. The third-order valence-corrected chi connectivity index (χ3v) is 6.28. The molecule has 0 N–H and O–H groups in total. The van der Waals surface area contributed by atoms with E-state index in [4.69, 9.17) is 0 Å². The number of benzene rings is 2. The Bertz CT molecular complexity index is 1040. The van der Waals surface area contributed by atoms with E-state index in [1.165, 1.54) is 12.1 Å². The number of carbonyl (C=O) groups excluding carboxylic acids is 1. The number of amides is 1. The predicted octanol–water partition coefficient (Wildman–Crippen LogP) is 4.23. The van der Waals surface area contributed by atoms with Crippen LogP contribution in [0.15, 0.2) is 48.5 Å². The van der Waals surface area contributed by atoms with Crippen LogP contribution in [0.4, 0.5) is 24.5 Å². The topological polar surface area (TPSA) is 57.7 Å². The summed E-state index contributed by atoms with van der Waals surface area (Å²) in [6.45, 7) is 1.86.